The molecule has 5 nitrogen and oxygen atoms in total. The van der Waals surface area contributed by atoms with E-state index in [1.807, 2.05) is 6.92 Å². The highest BCUT2D eigenvalue weighted by Crippen LogP contribution is 2.38. The second-order valence-electron chi connectivity index (χ2n) is 6.51. The summed E-state index contributed by atoms with van der Waals surface area (Å²) in [6.07, 6.45) is 0.289. The molecule has 1 aromatic carbocycles. The third-order valence-corrected chi connectivity index (χ3v) is 4.98. The Kier molecular flexibility index (Phi) is 4.38. The minimum absolute atomic E-state index is 0.163. The number of hydrogen-bond acceptors (Lipinski definition) is 3. The van der Waals surface area contributed by atoms with E-state index in [4.69, 9.17) is 11.6 Å². The number of carbonyl (C=O) groups excluding carboxylic acids is 1. The lowest BCUT2D eigenvalue weighted by Gasteiger charge is -2.32. The van der Waals surface area contributed by atoms with E-state index in [-0.39, 0.29) is 18.5 Å². The molecule has 1 atom stereocenters. The molecule has 0 radical (unpaired) electrons. The summed E-state index contributed by atoms with van der Waals surface area (Å²) >= 11 is 5.84. The Labute approximate surface area is 163 Å². The van der Waals surface area contributed by atoms with Gasteiger partial charge < -0.3 is 4.90 Å². The lowest BCUT2D eigenvalue weighted by molar-refractivity contribution is -0.137. The molecule has 0 N–H and O–H groups in total. The molecule has 2 aromatic heterocycles. The van der Waals surface area contributed by atoms with Gasteiger partial charge in [-0.05, 0) is 42.8 Å². The van der Waals surface area contributed by atoms with Crippen molar-refractivity contribution in [1.82, 2.24) is 14.8 Å². The van der Waals surface area contributed by atoms with Crippen molar-refractivity contribution < 1.29 is 18.0 Å². The monoisotopic (exact) mass is 406 g/mol. The first-order chi connectivity index (χ1) is 13.3. The van der Waals surface area contributed by atoms with Crippen molar-refractivity contribution in [2.24, 2.45) is 0 Å². The van der Waals surface area contributed by atoms with Gasteiger partial charge in [-0.1, -0.05) is 11.6 Å². The first kappa shape index (κ1) is 18.5. The van der Waals surface area contributed by atoms with Gasteiger partial charge in [0.15, 0.2) is 0 Å². The average Bonchev–Trinajstić information content (AvgIpc) is 3.10. The summed E-state index contributed by atoms with van der Waals surface area (Å²) in [5.41, 5.74) is 1.17. The second-order valence-corrected chi connectivity index (χ2v) is 6.92. The number of nitrogens with zero attached hydrogens (tertiary/aromatic N) is 4. The normalized spacial score (nSPS) is 17.0. The number of rotatable bonds is 2. The molecule has 9 heteroatoms. The zero-order chi connectivity index (χ0) is 20.1. The maximum absolute atomic E-state index is 13.2. The first-order valence-corrected chi connectivity index (χ1v) is 8.81. The molecule has 0 aliphatic carbocycles. The minimum Gasteiger partial charge on any atom is -0.305 e. The molecular weight excluding hydrogens is 393 g/mol. The van der Waals surface area contributed by atoms with Crippen LogP contribution in [0.3, 0.4) is 0 Å². The quantitative estimate of drug-likeness (QED) is 0.612. The van der Waals surface area contributed by atoms with Crippen molar-refractivity contribution in [3.05, 3.63) is 65.2 Å². The smallest absolute Gasteiger partial charge is 0.305 e. The van der Waals surface area contributed by atoms with Crippen LogP contribution >= 0.6 is 11.6 Å². The van der Waals surface area contributed by atoms with Gasteiger partial charge in [0.05, 0.1) is 22.8 Å². The van der Waals surface area contributed by atoms with Crippen molar-refractivity contribution in [3.8, 4) is 11.1 Å². The molecule has 0 bridgehead atoms. The number of carbonyl (C=O) groups is 1. The zero-order valence-corrected chi connectivity index (χ0v) is 15.4. The van der Waals surface area contributed by atoms with Gasteiger partial charge >= 0.3 is 6.18 Å². The number of alkyl halides is 3. The number of fused-ring (bicyclic) bond motifs is 1. The van der Waals surface area contributed by atoms with E-state index >= 15 is 0 Å². The summed E-state index contributed by atoms with van der Waals surface area (Å²) in [7, 11) is 0. The van der Waals surface area contributed by atoms with Crippen molar-refractivity contribution in [3.63, 3.8) is 0 Å². The summed E-state index contributed by atoms with van der Waals surface area (Å²) in [5, 5.41) is 3.89. The van der Waals surface area contributed by atoms with Gasteiger partial charge in [-0.15, -0.1) is 0 Å². The fourth-order valence-corrected chi connectivity index (χ4v) is 3.61. The molecule has 3 heterocycles. The van der Waals surface area contributed by atoms with Crippen molar-refractivity contribution in [2.75, 3.05) is 11.4 Å². The van der Waals surface area contributed by atoms with Gasteiger partial charge in [-0.2, -0.15) is 18.3 Å². The number of anilines is 1. The molecule has 3 aromatic rings. The van der Waals surface area contributed by atoms with Crippen molar-refractivity contribution in [1.29, 1.82) is 0 Å². The average molecular weight is 407 g/mol. The van der Waals surface area contributed by atoms with Crippen LogP contribution in [0.4, 0.5) is 18.9 Å². The summed E-state index contributed by atoms with van der Waals surface area (Å²) in [4.78, 5) is 18.6. The fraction of sp³-hybridized carbons (Fsp3) is 0.211. The molecular formula is C19H14ClF3N4O. The number of amides is 1. The van der Waals surface area contributed by atoms with E-state index in [1.165, 1.54) is 17.0 Å². The van der Waals surface area contributed by atoms with Crippen LogP contribution in [-0.2, 0) is 6.18 Å². The third kappa shape index (κ3) is 3.03. The number of hydrogen-bond donors (Lipinski definition) is 0. The van der Waals surface area contributed by atoms with Crippen LogP contribution < -0.4 is 4.90 Å². The second kappa shape index (κ2) is 6.63. The van der Waals surface area contributed by atoms with Crippen LogP contribution in [0.25, 0.3) is 11.1 Å². The lowest BCUT2D eigenvalue weighted by Crippen LogP contribution is -2.42. The van der Waals surface area contributed by atoms with E-state index in [2.05, 4.69) is 10.1 Å². The zero-order valence-electron chi connectivity index (χ0n) is 14.6. The highest BCUT2D eigenvalue weighted by atomic mass is 35.5. The number of halogens is 4. The topological polar surface area (TPSA) is 51.0 Å². The summed E-state index contributed by atoms with van der Waals surface area (Å²) in [6.45, 7) is 2.16. The Hall–Kier alpha value is -2.87. The molecule has 0 saturated heterocycles. The van der Waals surface area contributed by atoms with Crippen LogP contribution in [0.2, 0.25) is 5.02 Å². The molecule has 28 heavy (non-hydrogen) atoms. The van der Waals surface area contributed by atoms with Crippen molar-refractivity contribution >= 4 is 23.2 Å². The maximum atomic E-state index is 13.2. The third-order valence-electron chi connectivity index (χ3n) is 4.67. The molecule has 4 rings (SSSR count). The van der Waals surface area contributed by atoms with Crippen LogP contribution in [0.5, 0.6) is 0 Å². The van der Waals surface area contributed by atoms with Crippen LogP contribution in [0.1, 0.15) is 29.0 Å². The molecule has 1 aliphatic rings. The SMILES string of the molecule is C[C@H]1CN(c2ccc(C(F)(F)F)c(Cl)c2)C(=O)c2c(-c3ccncc3)cnn21. The Morgan fingerprint density at radius 3 is 2.54 bits per heavy atom. The summed E-state index contributed by atoms with van der Waals surface area (Å²) in [6, 6.07) is 6.70. The Balaban J connectivity index is 1.77. The highest BCUT2D eigenvalue weighted by Gasteiger charge is 2.36. The van der Waals surface area contributed by atoms with E-state index in [0.717, 1.165) is 11.6 Å². The molecule has 0 unspecified atom stereocenters. The molecule has 0 saturated carbocycles. The van der Waals surface area contributed by atoms with E-state index in [9.17, 15) is 18.0 Å². The summed E-state index contributed by atoms with van der Waals surface area (Å²) < 4.78 is 40.6. The molecule has 1 aliphatic heterocycles. The highest BCUT2D eigenvalue weighted by molar-refractivity contribution is 6.31. The van der Waals surface area contributed by atoms with Gasteiger partial charge in [0.1, 0.15) is 5.69 Å². The lowest BCUT2D eigenvalue weighted by atomic mass is 10.0. The van der Waals surface area contributed by atoms with Crippen LogP contribution in [-0.4, -0.2) is 27.2 Å². The van der Waals surface area contributed by atoms with Crippen molar-refractivity contribution in [2.45, 2.75) is 19.1 Å². The summed E-state index contributed by atoms with van der Waals surface area (Å²) in [5.74, 6) is -0.349. The first-order valence-electron chi connectivity index (χ1n) is 8.44. The molecule has 0 fully saturated rings. The fourth-order valence-electron chi connectivity index (χ4n) is 3.33. The molecule has 1 amide bonds. The maximum Gasteiger partial charge on any atom is 0.417 e. The van der Waals surface area contributed by atoms with Crippen LogP contribution in [0.15, 0.2) is 48.9 Å². The molecule has 0 spiro atoms. The van der Waals surface area contributed by atoms with Gasteiger partial charge in [-0.3, -0.25) is 14.5 Å². The van der Waals surface area contributed by atoms with Gasteiger partial charge in [0.25, 0.3) is 5.91 Å². The largest absolute Gasteiger partial charge is 0.417 e. The Morgan fingerprint density at radius 1 is 1.18 bits per heavy atom. The minimum atomic E-state index is -4.55. The van der Waals surface area contributed by atoms with Crippen LogP contribution in [0, 0.1) is 0 Å². The van der Waals surface area contributed by atoms with Gasteiger partial charge in [-0.25, -0.2) is 0 Å². The predicted octanol–water partition coefficient (Wildman–Crippen LogP) is 4.84. The van der Waals surface area contributed by atoms with Gasteiger partial charge in [0, 0.05) is 30.2 Å². The number of pyridine rings is 1. The Morgan fingerprint density at radius 2 is 1.89 bits per heavy atom. The predicted molar refractivity (Wildman–Crippen MR) is 98.3 cm³/mol. The Bertz CT molecular complexity index is 1050. The van der Waals surface area contributed by atoms with E-state index < -0.39 is 16.8 Å². The van der Waals surface area contributed by atoms with E-state index in [0.29, 0.717) is 16.9 Å². The number of aromatic nitrogens is 3. The molecule has 144 valence electrons. The standard InChI is InChI=1S/C19H14ClF3N4O/c1-11-10-26(13-2-3-15(16(20)8-13)19(21,22)23)18(28)17-14(9-25-27(11)17)12-4-6-24-7-5-12/h2-9,11H,10H2,1H3/t11-/m0/s1. The van der Waals surface area contributed by atoms with Gasteiger partial charge in [0.2, 0.25) is 0 Å². The van der Waals surface area contributed by atoms with E-state index in [1.54, 1.807) is 35.4 Å². The number of benzene rings is 1.